The summed E-state index contributed by atoms with van der Waals surface area (Å²) >= 11 is 6.30. The smallest absolute Gasteiger partial charge is 0.258 e. The second kappa shape index (κ2) is 8.90. The van der Waals surface area contributed by atoms with Crippen molar-refractivity contribution in [1.29, 1.82) is 0 Å². The van der Waals surface area contributed by atoms with Crippen LogP contribution in [0, 0.1) is 6.92 Å². The fraction of sp³-hybridized carbons (Fsp3) is 0.240. The van der Waals surface area contributed by atoms with Gasteiger partial charge in [-0.2, -0.15) is 0 Å². The Labute approximate surface area is 187 Å². The average Bonchev–Trinajstić information content (AvgIpc) is 2.80. The first kappa shape index (κ1) is 21.1. The van der Waals surface area contributed by atoms with Gasteiger partial charge in [0.15, 0.2) is 11.5 Å². The van der Waals surface area contributed by atoms with Gasteiger partial charge in [-0.1, -0.05) is 35.9 Å². The molecule has 1 atom stereocenters. The number of carbonyl (C=O) groups is 1. The van der Waals surface area contributed by atoms with Crippen LogP contribution in [0.25, 0.3) is 0 Å². The number of rotatable bonds is 5. The number of hydrogen-bond donors (Lipinski definition) is 1. The summed E-state index contributed by atoms with van der Waals surface area (Å²) in [6, 6.07) is 19.3. The molecular weight excluding hydrogens is 412 g/mol. The third-order valence-electron chi connectivity index (χ3n) is 5.63. The van der Waals surface area contributed by atoms with E-state index < -0.39 is 0 Å². The number of halogens is 1. The van der Waals surface area contributed by atoms with E-state index in [9.17, 15) is 4.79 Å². The molecule has 1 aliphatic heterocycles. The fourth-order valence-corrected chi connectivity index (χ4v) is 4.11. The molecule has 4 rings (SSSR count). The number of ether oxygens (including phenoxy) is 2. The molecule has 0 bridgehead atoms. The Morgan fingerprint density at radius 2 is 1.81 bits per heavy atom. The molecule has 31 heavy (non-hydrogen) atoms. The van der Waals surface area contributed by atoms with Crippen LogP contribution in [0.15, 0.2) is 60.7 Å². The van der Waals surface area contributed by atoms with Gasteiger partial charge in [0.05, 0.1) is 20.3 Å². The van der Waals surface area contributed by atoms with Gasteiger partial charge in [0.2, 0.25) is 0 Å². The van der Waals surface area contributed by atoms with Crippen molar-refractivity contribution in [2.24, 2.45) is 0 Å². The first-order chi connectivity index (χ1) is 15.0. The standard InChI is InChI=1S/C25H25ClN2O3/c1-16-8-10-18(15-20(16)26)27-21-12-13-28(22-7-5-4-6-19(21)22)25(29)17-9-11-23(30-2)24(14-17)31-3/h4-11,14-15,21,27H,12-13H2,1-3H3. The zero-order valence-corrected chi connectivity index (χ0v) is 18.6. The first-order valence-electron chi connectivity index (χ1n) is 10.2. The van der Waals surface area contributed by atoms with Crippen molar-refractivity contribution >= 4 is 28.9 Å². The third kappa shape index (κ3) is 4.19. The van der Waals surface area contributed by atoms with Gasteiger partial charge < -0.3 is 19.7 Å². The Hall–Kier alpha value is -3.18. The van der Waals surface area contributed by atoms with E-state index in [1.54, 1.807) is 32.4 Å². The van der Waals surface area contributed by atoms with Crippen LogP contribution in [-0.4, -0.2) is 26.7 Å². The molecular formula is C25H25ClN2O3. The van der Waals surface area contributed by atoms with Crippen molar-refractivity contribution in [1.82, 2.24) is 0 Å². The molecule has 1 heterocycles. The van der Waals surface area contributed by atoms with E-state index in [0.717, 1.165) is 33.9 Å². The fourth-order valence-electron chi connectivity index (χ4n) is 3.93. The van der Waals surface area contributed by atoms with Gasteiger partial charge in [-0.15, -0.1) is 0 Å². The number of methoxy groups -OCH3 is 2. The molecule has 0 saturated heterocycles. The molecule has 1 amide bonds. The molecule has 0 fully saturated rings. The number of amides is 1. The minimum atomic E-state index is -0.0646. The molecule has 1 N–H and O–H groups in total. The summed E-state index contributed by atoms with van der Waals surface area (Å²) in [5, 5.41) is 4.31. The summed E-state index contributed by atoms with van der Waals surface area (Å²) in [4.78, 5) is 15.2. The lowest BCUT2D eigenvalue weighted by atomic mass is 9.95. The van der Waals surface area contributed by atoms with Gasteiger partial charge >= 0.3 is 0 Å². The molecule has 0 aliphatic carbocycles. The summed E-state index contributed by atoms with van der Waals surface area (Å²) < 4.78 is 10.7. The van der Waals surface area contributed by atoms with Gasteiger partial charge in [-0.25, -0.2) is 0 Å². The Bertz CT molecular complexity index is 1120. The van der Waals surface area contributed by atoms with Crippen molar-refractivity contribution in [3.63, 3.8) is 0 Å². The normalized spacial score (nSPS) is 15.2. The second-order valence-electron chi connectivity index (χ2n) is 7.53. The summed E-state index contributed by atoms with van der Waals surface area (Å²) in [7, 11) is 3.14. The molecule has 0 spiro atoms. The molecule has 0 radical (unpaired) electrons. The number of aryl methyl sites for hydroxylation is 1. The predicted molar refractivity (Wildman–Crippen MR) is 125 cm³/mol. The van der Waals surface area contributed by atoms with Crippen LogP contribution in [0.5, 0.6) is 11.5 Å². The Morgan fingerprint density at radius 1 is 1.03 bits per heavy atom. The topological polar surface area (TPSA) is 50.8 Å². The van der Waals surface area contributed by atoms with E-state index in [2.05, 4.69) is 11.4 Å². The van der Waals surface area contributed by atoms with E-state index in [1.165, 1.54) is 0 Å². The summed E-state index contributed by atoms with van der Waals surface area (Å²) in [6.07, 6.45) is 0.779. The highest BCUT2D eigenvalue weighted by molar-refractivity contribution is 6.31. The highest BCUT2D eigenvalue weighted by Gasteiger charge is 2.29. The van der Waals surface area contributed by atoms with Crippen LogP contribution in [0.2, 0.25) is 5.02 Å². The summed E-state index contributed by atoms with van der Waals surface area (Å²) in [6.45, 7) is 2.58. The van der Waals surface area contributed by atoms with Crippen LogP contribution in [-0.2, 0) is 0 Å². The average molecular weight is 437 g/mol. The minimum Gasteiger partial charge on any atom is -0.493 e. The molecule has 0 aromatic heterocycles. The lowest BCUT2D eigenvalue weighted by Crippen LogP contribution is -2.38. The molecule has 160 valence electrons. The van der Waals surface area contributed by atoms with Crippen LogP contribution in [0.4, 0.5) is 11.4 Å². The number of benzene rings is 3. The third-order valence-corrected chi connectivity index (χ3v) is 6.04. The monoisotopic (exact) mass is 436 g/mol. The maximum Gasteiger partial charge on any atom is 0.258 e. The first-order valence-corrected chi connectivity index (χ1v) is 10.5. The lowest BCUT2D eigenvalue weighted by molar-refractivity contribution is 0.0984. The highest BCUT2D eigenvalue weighted by atomic mass is 35.5. The van der Waals surface area contributed by atoms with E-state index in [4.69, 9.17) is 21.1 Å². The largest absolute Gasteiger partial charge is 0.493 e. The minimum absolute atomic E-state index is 0.0646. The maximum absolute atomic E-state index is 13.4. The zero-order chi connectivity index (χ0) is 22.0. The Morgan fingerprint density at radius 3 is 2.55 bits per heavy atom. The SMILES string of the molecule is COc1ccc(C(=O)N2CCC(Nc3ccc(C)c(Cl)c3)c3ccccc32)cc1OC. The van der Waals surface area contributed by atoms with Crippen molar-refractivity contribution in [3.05, 3.63) is 82.4 Å². The molecule has 3 aromatic rings. The molecule has 5 nitrogen and oxygen atoms in total. The van der Waals surface area contributed by atoms with Crippen LogP contribution in [0.3, 0.4) is 0 Å². The van der Waals surface area contributed by atoms with E-state index >= 15 is 0 Å². The zero-order valence-electron chi connectivity index (χ0n) is 17.8. The highest BCUT2D eigenvalue weighted by Crippen LogP contribution is 2.38. The summed E-state index contributed by atoms with van der Waals surface area (Å²) in [5.41, 5.74) is 4.56. The maximum atomic E-state index is 13.4. The number of nitrogens with zero attached hydrogens (tertiary/aromatic N) is 1. The number of fused-ring (bicyclic) bond motifs is 1. The van der Waals surface area contributed by atoms with Gasteiger partial charge in [0.1, 0.15) is 0 Å². The van der Waals surface area contributed by atoms with Crippen LogP contribution in [0.1, 0.15) is 33.9 Å². The van der Waals surface area contributed by atoms with E-state index in [0.29, 0.717) is 23.6 Å². The number of nitrogens with one attached hydrogen (secondary N) is 1. The van der Waals surface area contributed by atoms with E-state index in [-0.39, 0.29) is 11.9 Å². The van der Waals surface area contributed by atoms with Crippen molar-refractivity contribution in [3.8, 4) is 11.5 Å². The number of hydrogen-bond acceptors (Lipinski definition) is 4. The van der Waals surface area contributed by atoms with Gasteiger partial charge in [-0.3, -0.25) is 4.79 Å². The molecule has 0 saturated carbocycles. The number of anilines is 2. The summed E-state index contributed by atoms with van der Waals surface area (Å²) in [5.74, 6) is 1.07. The molecule has 1 aliphatic rings. The Balaban J connectivity index is 1.62. The van der Waals surface area contributed by atoms with Gasteiger partial charge in [0.25, 0.3) is 5.91 Å². The van der Waals surface area contributed by atoms with Gasteiger partial charge in [0, 0.05) is 28.5 Å². The second-order valence-corrected chi connectivity index (χ2v) is 7.94. The van der Waals surface area contributed by atoms with Crippen molar-refractivity contribution in [2.75, 3.05) is 31.0 Å². The van der Waals surface area contributed by atoms with Gasteiger partial charge in [-0.05, 0) is 60.9 Å². The quantitative estimate of drug-likeness (QED) is 0.543. The van der Waals surface area contributed by atoms with E-state index in [1.807, 2.05) is 48.2 Å². The molecule has 3 aromatic carbocycles. The number of carbonyl (C=O) groups excluding carboxylic acids is 1. The Kier molecular flexibility index (Phi) is 6.05. The van der Waals surface area contributed by atoms with Crippen LogP contribution >= 0.6 is 11.6 Å². The predicted octanol–water partition coefficient (Wildman–Crippen LogP) is 5.87. The van der Waals surface area contributed by atoms with Crippen molar-refractivity contribution in [2.45, 2.75) is 19.4 Å². The van der Waals surface area contributed by atoms with Crippen LogP contribution < -0.4 is 19.7 Å². The molecule has 6 heteroatoms. The molecule has 1 unspecified atom stereocenters. The lowest BCUT2D eigenvalue weighted by Gasteiger charge is -2.35. The van der Waals surface area contributed by atoms with Crippen molar-refractivity contribution < 1.29 is 14.3 Å². The number of para-hydroxylation sites is 1.